The number of hydrogen-bond acceptors (Lipinski definition) is 4. The minimum Gasteiger partial charge on any atom is -0.352 e. The van der Waals surface area contributed by atoms with Crippen LogP contribution in [-0.2, 0) is 0 Å². The van der Waals surface area contributed by atoms with Crippen molar-refractivity contribution in [2.24, 2.45) is 0 Å². The molecule has 0 saturated carbocycles. The Kier molecular flexibility index (Phi) is 6.52. The first-order chi connectivity index (χ1) is 11.1. The number of unbranched alkanes of at least 4 members (excludes halogenated alkanes) is 2. The first-order valence-corrected chi connectivity index (χ1v) is 8.53. The van der Waals surface area contributed by atoms with Gasteiger partial charge in [-0.25, -0.2) is 9.97 Å². The Balaban J connectivity index is 1.95. The maximum atomic E-state index is 12.0. The standard InChI is InChI=1S/C17H21BrN4O/c1-3-4-5-8-19-16(23)13-10-20-17(21-11-13)22-15-7-6-12(2)9-14(15)18/h6-7,9-11H,3-5,8H2,1-2H3,(H,19,23)(H,20,21,22). The highest BCUT2D eigenvalue weighted by atomic mass is 79.9. The second-order valence-electron chi connectivity index (χ2n) is 5.37. The van der Waals surface area contributed by atoms with Crippen molar-refractivity contribution in [2.45, 2.75) is 33.1 Å². The number of rotatable bonds is 7. The van der Waals surface area contributed by atoms with E-state index >= 15 is 0 Å². The molecule has 0 fully saturated rings. The minimum absolute atomic E-state index is 0.135. The summed E-state index contributed by atoms with van der Waals surface area (Å²) in [6, 6.07) is 5.97. The third kappa shape index (κ3) is 5.32. The van der Waals surface area contributed by atoms with E-state index < -0.39 is 0 Å². The third-order valence-corrected chi connectivity index (χ3v) is 4.01. The van der Waals surface area contributed by atoms with E-state index in [-0.39, 0.29) is 5.91 Å². The van der Waals surface area contributed by atoms with E-state index in [0.29, 0.717) is 18.1 Å². The van der Waals surface area contributed by atoms with Gasteiger partial charge in [0.2, 0.25) is 5.95 Å². The summed E-state index contributed by atoms with van der Waals surface area (Å²) in [6.45, 7) is 4.84. The summed E-state index contributed by atoms with van der Waals surface area (Å²) in [6.07, 6.45) is 6.31. The zero-order valence-corrected chi connectivity index (χ0v) is 15.0. The molecule has 0 aliphatic carbocycles. The zero-order chi connectivity index (χ0) is 16.7. The van der Waals surface area contributed by atoms with Gasteiger partial charge in [-0.15, -0.1) is 0 Å². The maximum absolute atomic E-state index is 12.0. The molecule has 2 N–H and O–H groups in total. The molecule has 1 heterocycles. The van der Waals surface area contributed by atoms with Gasteiger partial charge < -0.3 is 10.6 Å². The van der Waals surface area contributed by atoms with Crippen LogP contribution in [-0.4, -0.2) is 22.4 Å². The number of carbonyl (C=O) groups is 1. The molecule has 122 valence electrons. The molecule has 0 unspecified atom stereocenters. The average Bonchev–Trinajstić information content (AvgIpc) is 2.55. The molecule has 2 aromatic rings. The van der Waals surface area contributed by atoms with Gasteiger partial charge >= 0.3 is 0 Å². The number of halogens is 1. The molecular weight excluding hydrogens is 356 g/mol. The van der Waals surface area contributed by atoms with E-state index in [1.165, 1.54) is 18.0 Å². The van der Waals surface area contributed by atoms with Gasteiger partial charge in [-0.1, -0.05) is 25.8 Å². The van der Waals surface area contributed by atoms with Crippen molar-refractivity contribution in [1.29, 1.82) is 0 Å². The van der Waals surface area contributed by atoms with Gasteiger partial charge in [-0.2, -0.15) is 0 Å². The van der Waals surface area contributed by atoms with Crippen LogP contribution in [0.5, 0.6) is 0 Å². The smallest absolute Gasteiger partial charge is 0.254 e. The van der Waals surface area contributed by atoms with Crippen LogP contribution < -0.4 is 10.6 Å². The third-order valence-electron chi connectivity index (χ3n) is 3.35. The quantitative estimate of drug-likeness (QED) is 0.710. The lowest BCUT2D eigenvalue weighted by Crippen LogP contribution is -2.24. The van der Waals surface area contributed by atoms with E-state index in [1.807, 2.05) is 25.1 Å². The highest BCUT2D eigenvalue weighted by Gasteiger charge is 2.07. The normalized spacial score (nSPS) is 10.4. The van der Waals surface area contributed by atoms with Crippen LogP contribution in [0.25, 0.3) is 0 Å². The number of benzene rings is 1. The van der Waals surface area contributed by atoms with Gasteiger partial charge in [0, 0.05) is 23.4 Å². The highest BCUT2D eigenvalue weighted by molar-refractivity contribution is 9.10. The van der Waals surface area contributed by atoms with Gasteiger partial charge in [0.15, 0.2) is 0 Å². The van der Waals surface area contributed by atoms with Crippen molar-refractivity contribution >= 4 is 33.5 Å². The summed E-state index contributed by atoms with van der Waals surface area (Å²) in [5, 5.41) is 6.00. The number of nitrogens with zero attached hydrogens (tertiary/aromatic N) is 2. The highest BCUT2D eigenvalue weighted by Crippen LogP contribution is 2.25. The predicted molar refractivity (Wildman–Crippen MR) is 96.1 cm³/mol. The van der Waals surface area contributed by atoms with Crippen molar-refractivity contribution in [3.63, 3.8) is 0 Å². The van der Waals surface area contributed by atoms with Gasteiger partial charge in [-0.05, 0) is 47.0 Å². The molecule has 1 aromatic carbocycles. The monoisotopic (exact) mass is 376 g/mol. The molecule has 2 rings (SSSR count). The molecule has 0 atom stereocenters. The van der Waals surface area contributed by atoms with Gasteiger partial charge in [0.05, 0.1) is 11.3 Å². The SMILES string of the molecule is CCCCCNC(=O)c1cnc(Nc2ccc(C)cc2Br)nc1. The Morgan fingerprint density at radius 1 is 1.22 bits per heavy atom. The van der Waals surface area contributed by atoms with E-state index in [2.05, 4.69) is 43.5 Å². The van der Waals surface area contributed by atoms with Crippen LogP contribution in [0, 0.1) is 6.92 Å². The maximum Gasteiger partial charge on any atom is 0.254 e. The molecule has 6 heteroatoms. The molecule has 1 amide bonds. The van der Waals surface area contributed by atoms with Crippen LogP contribution in [0.15, 0.2) is 35.1 Å². The first-order valence-electron chi connectivity index (χ1n) is 7.73. The van der Waals surface area contributed by atoms with Crippen LogP contribution in [0.2, 0.25) is 0 Å². The number of hydrogen-bond donors (Lipinski definition) is 2. The number of anilines is 2. The molecule has 0 saturated heterocycles. The number of carbonyl (C=O) groups excluding carboxylic acids is 1. The van der Waals surface area contributed by atoms with Gasteiger partial charge in [0.1, 0.15) is 0 Å². The Morgan fingerprint density at radius 3 is 2.61 bits per heavy atom. The summed E-state index contributed by atoms with van der Waals surface area (Å²) < 4.78 is 0.943. The van der Waals surface area contributed by atoms with Gasteiger partial charge in [-0.3, -0.25) is 4.79 Å². The Bertz CT molecular complexity index is 658. The second kappa shape index (κ2) is 8.62. The summed E-state index contributed by atoms with van der Waals surface area (Å²) >= 11 is 3.50. The van der Waals surface area contributed by atoms with Gasteiger partial charge in [0.25, 0.3) is 5.91 Å². The second-order valence-corrected chi connectivity index (χ2v) is 6.22. The minimum atomic E-state index is -0.135. The predicted octanol–water partition coefficient (Wildman–Crippen LogP) is 4.21. The van der Waals surface area contributed by atoms with Crippen LogP contribution in [0.4, 0.5) is 11.6 Å². The fourth-order valence-electron chi connectivity index (χ4n) is 2.03. The molecule has 5 nitrogen and oxygen atoms in total. The lowest BCUT2D eigenvalue weighted by molar-refractivity contribution is 0.0952. The van der Waals surface area contributed by atoms with Crippen LogP contribution in [0.1, 0.15) is 42.1 Å². The molecule has 0 aliphatic rings. The van der Waals surface area contributed by atoms with E-state index in [1.54, 1.807) is 0 Å². The van der Waals surface area contributed by atoms with Crippen LogP contribution >= 0.6 is 15.9 Å². The van der Waals surface area contributed by atoms with Crippen molar-refractivity contribution in [3.05, 3.63) is 46.2 Å². The fraction of sp³-hybridized carbons (Fsp3) is 0.353. The van der Waals surface area contributed by atoms with Crippen molar-refractivity contribution < 1.29 is 4.79 Å². The molecular formula is C17H21BrN4O. The molecule has 0 radical (unpaired) electrons. The van der Waals surface area contributed by atoms with Crippen LogP contribution in [0.3, 0.4) is 0 Å². The molecule has 23 heavy (non-hydrogen) atoms. The molecule has 0 spiro atoms. The fourth-order valence-corrected chi connectivity index (χ4v) is 2.62. The van der Waals surface area contributed by atoms with Crippen molar-refractivity contribution in [3.8, 4) is 0 Å². The zero-order valence-electron chi connectivity index (χ0n) is 13.4. The largest absolute Gasteiger partial charge is 0.352 e. The Hall–Kier alpha value is -1.95. The summed E-state index contributed by atoms with van der Waals surface area (Å²) in [5.41, 5.74) is 2.51. The van der Waals surface area contributed by atoms with E-state index in [9.17, 15) is 4.79 Å². The Morgan fingerprint density at radius 2 is 1.96 bits per heavy atom. The summed E-state index contributed by atoms with van der Waals surface area (Å²) in [4.78, 5) is 20.3. The molecule has 0 aliphatic heterocycles. The number of aromatic nitrogens is 2. The average molecular weight is 377 g/mol. The molecule has 0 bridgehead atoms. The lowest BCUT2D eigenvalue weighted by atomic mass is 10.2. The van der Waals surface area contributed by atoms with E-state index in [0.717, 1.165) is 29.4 Å². The summed E-state index contributed by atoms with van der Waals surface area (Å²) in [5.74, 6) is 0.321. The summed E-state index contributed by atoms with van der Waals surface area (Å²) in [7, 11) is 0. The van der Waals surface area contributed by atoms with Crippen molar-refractivity contribution in [1.82, 2.24) is 15.3 Å². The molecule has 1 aromatic heterocycles. The number of amides is 1. The van der Waals surface area contributed by atoms with Crippen molar-refractivity contribution in [2.75, 3.05) is 11.9 Å². The first kappa shape index (κ1) is 17.4. The number of aryl methyl sites for hydroxylation is 1. The lowest BCUT2D eigenvalue weighted by Gasteiger charge is -2.08. The topological polar surface area (TPSA) is 66.9 Å². The number of nitrogens with one attached hydrogen (secondary N) is 2. The Labute approximate surface area is 145 Å². The van der Waals surface area contributed by atoms with E-state index in [4.69, 9.17) is 0 Å².